The normalized spacial score (nSPS) is 14.2. The Bertz CT molecular complexity index is 1900. The highest BCUT2D eigenvalue weighted by Crippen LogP contribution is 2.29. The zero-order valence-electron chi connectivity index (χ0n) is 27.5. The van der Waals surface area contributed by atoms with Gasteiger partial charge in [0.05, 0.1) is 25.5 Å². The number of hydrogen-bond donors (Lipinski definition) is 2. The summed E-state index contributed by atoms with van der Waals surface area (Å²) in [4.78, 5) is 44.8. The van der Waals surface area contributed by atoms with Crippen molar-refractivity contribution in [3.63, 3.8) is 0 Å². The van der Waals surface area contributed by atoms with Gasteiger partial charge < -0.3 is 20.1 Å². The maximum atomic E-state index is 13.0. The highest BCUT2D eigenvalue weighted by molar-refractivity contribution is 6.29. The third kappa shape index (κ3) is 10.7. The Labute approximate surface area is 290 Å². The molecule has 0 spiro atoms. The number of nitrogens with one attached hydrogen (secondary N) is 2. The molecule has 4 aromatic rings. The van der Waals surface area contributed by atoms with Gasteiger partial charge >= 0.3 is 0 Å². The molecule has 1 aliphatic rings. The minimum absolute atomic E-state index is 0.179. The Balaban J connectivity index is 0.000000226. The largest absolute Gasteiger partial charge is 0.485 e. The zero-order chi connectivity index (χ0) is 36.1. The van der Waals surface area contributed by atoms with Gasteiger partial charge in [-0.25, -0.2) is 28.1 Å². The van der Waals surface area contributed by atoms with E-state index in [-0.39, 0.29) is 45.9 Å². The highest BCUT2D eigenvalue weighted by atomic mass is 35.5. The van der Waals surface area contributed by atoms with E-state index in [2.05, 4.69) is 30.8 Å². The number of likely N-dealkylation sites (tertiary alicyclic amines) is 1. The molecule has 14 nitrogen and oxygen atoms in total. The summed E-state index contributed by atoms with van der Waals surface area (Å²) in [7, 11) is 3.01. The molecular formula is C31H35Cl2F2N9O5. The van der Waals surface area contributed by atoms with Crippen LogP contribution in [0.1, 0.15) is 27.7 Å². The number of anilines is 4. The van der Waals surface area contributed by atoms with E-state index in [4.69, 9.17) is 32.7 Å². The maximum absolute atomic E-state index is 13.0. The standard InChI is InChI=1S/C17H20ClF2N5O2.C14H15ClN4O3/c1-16(2,8-25-9-17(19,20)10-25)27-11-4-5-14(21-7-11)22-12-6-13(18)23-24(3)15(12)26;1-14(2,8-20)22-9-4-5-12(16-7-9)17-10-6-11(15)18-19(3)13(10)21/h4-7H,8-10H2,1-3H3,(H,21,22);4-8H,1-3H3,(H,16,17). The second-order valence-corrected chi connectivity index (χ2v) is 13.1. The monoisotopic (exact) mass is 721 g/mol. The van der Waals surface area contributed by atoms with Crippen molar-refractivity contribution in [3.8, 4) is 11.5 Å². The smallest absolute Gasteiger partial charge is 0.290 e. The van der Waals surface area contributed by atoms with Crippen LogP contribution in [0.4, 0.5) is 31.8 Å². The molecule has 5 rings (SSSR count). The number of aryl methyl sites for hydroxylation is 2. The van der Waals surface area contributed by atoms with Gasteiger partial charge in [0.1, 0.15) is 40.1 Å². The van der Waals surface area contributed by atoms with Crippen LogP contribution in [0.5, 0.6) is 11.5 Å². The lowest BCUT2D eigenvalue weighted by Crippen LogP contribution is -2.60. The number of carbonyl (C=O) groups excluding carboxylic acids is 1. The van der Waals surface area contributed by atoms with Crippen LogP contribution in [0.15, 0.2) is 58.4 Å². The lowest BCUT2D eigenvalue weighted by molar-refractivity contribution is -0.144. The van der Waals surface area contributed by atoms with Crippen molar-refractivity contribution < 1.29 is 23.0 Å². The average molecular weight is 723 g/mol. The second-order valence-electron chi connectivity index (χ2n) is 12.3. The van der Waals surface area contributed by atoms with E-state index in [9.17, 15) is 23.2 Å². The fourth-order valence-electron chi connectivity index (χ4n) is 4.57. The number of pyridine rings is 2. The Morgan fingerprint density at radius 2 is 1.29 bits per heavy atom. The highest BCUT2D eigenvalue weighted by Gasteiger charge is 2.45. The van der Waals surface area contributed by atoms with Gasteiger partial charge in [0.15, 0.2) is 22.2 Å². The maximum Gasteiger partial charge on any atom is 0.290 e. The molecule has 1 fully saturated rings. The van der Waals surface area contributed by atoms with Crippen LogP contribution in [-0.4, -0.2) is 77.5 Å². The van der Waals surface area contributed by atoms with Crippen LogP contribution in [0.2, 0.25) is 10.3 Å². The predicted molar refractivity (Wildman–Crippen MR) is 181 cm³/mol. The molecule has 5 heterocycles. The molecule has 1 aliphatic heterocycles. The molecular weight excluding hydrogens is 687 g/mol. The van der Waals surface area contributed by atoms with Crippen molar-refractivity contribution in [1.29, 1.82) is 0 Å². The molecule has 4 aromatic heterocycles. The number of carbonyl (C=O) groups is 1. The third-order valence-electron chi connectivity index (χ3n) is 6.64. The van der Waals surface area contributed by atoms with Crippen LogP contribution in [-0.2, 0) is 18.9 Å². The number of alkyl halides is 2. The van der Waals surface area contributed by atoms with Crippen molar-refractivity contribution in [2.45, 2.75) is 44.8 Å². The molecule has 1 saturated heterocycles. The summed E-state index contributed by atoms with van der Waals surface area (Å²) in [6.45, 7) is 6.85. The molecule has 0 aliphatic carbocycles. The molecule has 262 valence electrons. The van der Waals surface area contributed by atoms with E-state index in [1.165, 1.54) is 38.6 Å². The first kappa shape index (κ1) is 37.2. The molecule has 0 radical (unpaired) electrons. The van der Waals surface area contributed by atoms with Crippen LogP contribution in [0, 0.1) is 0 Å². The molecule has 2 N–H and O–H groups in total. The van der Waals surface area contributed by atoms with Crippen LogP contribution >= 0.6 is 23.2 Å². The minimum Gasteiger partial charge on any atom is -0.485 e. The second kappa shape index (κ2) is 14.8. The zero-order valence-corrected chi connectivity index (χ0v) is 29.0. The van der Waals surface area contributed by atoms with E-state index >= 15 is 0 Å². The molecule has 18 heteroatoms. The number of hydrogen-bond acceptors (Lipinski definition) is 12. The first-order valence-electron chi connectivity index (χ1n) is 14.7. The molecule has 49 heavy (non-hydrogen) atoms. The summed E-state index contributed by atoms with van der Waals surface area (Å²) in [6, 6.07) is 9.46. The lowest BCUT2D eigenvalue weighted by Gasteiger charge is -2.42. The molecule has 0 unspecified atom stereocenters. The summed E-state index contributed by atoms with van der Waals surface area (Å²) in [5.74, 6) is -0.781. The molecule has 0 amide bonds. The number of aldehydes is 1. The third-order valence-corrected chi connectivity index (χ3v) is 7.01. The van der Waals surface area contributed by atoms with Crippen molar-refractivity contribution in [2.75, 3.05) is 30.3 Å². The molecule has 0 atom stereocenters. The first-order chi connectivity index (χ1) is 22.8. The van der Waals surface area contributed by atoms with Crippen molar-refractivity contribution in [1.82, 2.24) is 34.4 Å². The molecule has 0 saturated carbocycles. The van der Waals surface area contributed by atoms with Gasteiger partial charge in [-0.15, -0.1) is 0 Å². The van der Waals surface area contributed by atoms with E-state index < -0.39 is 17.1 Å². The van der Waals surface area contributed by atoms with Crippen molar-refractivity contribution in [2.24, 2.45) is 14.1 Å². The number of aromatic nitrogens is 6. The van der Waals surface area contributed by atoms with Gasteiger partial charge in [-0.2, -0.15) is 10.2 Å². The predicted octanol–water partition coefficient (Wildman–Crippen LogP) is 4.61. The molecule has 0 aromatic carbocycles. The molecule has 0 bridgehead atoms. The van der Waals surface area contributed by atoms with Crippen LogP contribution in [0.3, 0.4) is 0 Å². The van der Waals surface area contributed by atoms with Gasteiger partial charge in [-0.3, -0.25) is 19.3 Å². The Kier molecular flexibility index (Phi) is 11.3. The minimum atomic E-state index is -2.60. The van der Waals surface area contributed by atoms with E-state index in [1.54, 1.807) is 43.0 Å². The number of nitrogens with zero attached hydrogens (tertiary/aromatic N) is 7. The van der Waals surface area contributed by atoms with Gasteiger partial charge in [0, 0.05) is 32.8 Å². The van der Waals surface area contributed by atoms with Gasteiger partial charge in [-0.05, 0) is 52.0 Å². The van der Waals surface area contributed by atoms with Crippen molar-refractivity contribution in [3.05, 3.63) is 79.8 Å². The fraction of sp³-hybridized carbons (Fsp3) is 0.387. The fourth-order valence-corrected chi connectivity index (χ4v) is 5.01. The first-order valence-corrected chi connectivity index (χ1v) is 15.5. The Morgan fingerprint density at radius 1 is 0.837 bits per heavy atom. The average Bonchev–Trinajstić information content (AvgIpc) is 2.99. The Morgan fingerprint density at radius 3 is 1.67 bits per heavy atom. The van der Waals surface area contributed by atoms with Gasteiger partial charge in [0.25, 0.3) is 17.0 Å². The Hall–Kier alpha value is -4.67. The number of ether oxygens (including phenoxy) is 2. The summed E-state index contributed by atoms with van der Waals surface area (Å²) >= 11 is 11.7. The quantitative estimate of drug-likeness (QED) is 0.208. The summed E-state index contributed by atoms with van der Waals surface area (Å²) < 4.78 is 39.5. The van der Waals surface area contributed by atoms with E-state index in [1.807, 2.05) is 13.8 Å². The van der Waals surface area contributed by atoms with E-state index in [0.717, 1.165) is 9.36 Å². The summed E-state index contributed by atoms with van der Waals surface area (Å²) in [6.07, 6.45) is 3.67. The van der Waals surface area contributed by atoms with Gasteiger partial charge in [0.2, 0.25) is 0 Å². The van der Waals surface area contributed by atoms with Gasteiger partial charge in [-0.1, -0.05) is 23.2 Å². The summed E-state index contributed by atoms with van der Waals surface area (Å²) in [5, 5.41) is 13.7. The summed E-state index contributed by atoms with van der Waals surface area (Å²) in [5.41, 5.74) is -1.73. The van der Waals surface area contributed by atoms with Crippen molar-refractivity contribution >= 4 is 52.5 Å². The van der Waals surface area contributed by atoms with Crippen LogP contribution < -0.4 is 31.2 Å². The van der Waals surface area contributed by atoms with Crippen LogP contribution in [0.25, 0.3) is 0 Å². The van der Waals surface area contributed by atoms with E-state index in [0.29, 0.717) is 36.0 Å². The SMILES string of the molecule is Cn1nc(Cl)cc(Nc2ccc(OC(C)(C)C=O)cn2)c1=O.Cn1nc(Cl)cc(Nc2ccc(OC(C)(C)CN3CC(F)(F)C3)cn2)c1=O. The topological polar surface area (TPSA) is 158 Å². The lowest BCUT2D eigenvalue weighted by atomic mass is 10.0. The number of rotatable bonds is 11. The number of halogens is 4.